The number of rotatable bonds is 7. The summed E-state index contributed by atoms with van der Waals surface area (Å²) in [5.74, 6) is -4.72. The fourth-order valence-electron chi connectivity index (χ4n) is 2.80. The molecule has 160 valence electrons. The SMILES string of the molecule is OC(O)(O)CNc1nc(-c2cc(-c3ccon3)n(Cc3ccccc3F)n2)ncc1F. The number of nitrogens with one attached hydrogen (secondary N) is 1. The molecule has 0 bridgehead atoms. The number of hydrogen-bond donors (Lipinski definition) is 4. The van der Waals surface area contributed by atoms with E-state index >= 15 is 0 Å². The quantitative estimate of drug-likeness (QED) is 0.320. The highest BCUT2D eigenvalue weighted by molar-refractivity contribution is 5.63. The Labute approximate surface area is 173 Å². The zero-order valence-corrected chi connectivity index (χ0v) is 15.8. The van der Waals surface area contributed by atoms with Crippen LogP contribution in [-0.2, 0) is 6.54 Å². The van der Waals surface area contributed by atoms with Gasteiger partial charge in [-0.1, -0.05) is 23.4 Å². The summed E-state index contributed by atoms with van der Waals surface area (Å²) < 4.78 is 34.5. The van der Waals surface area contributed by atoms with Crippen LogP contribution in [0.5, 0.6) is 0 Å². The van der Waals surface area contributed by atoms with E-state index in [0.29, 0.717) is 17.0 Å². The van der Waals surface area contributed by atoms with Crippen LogP contribution in [0.15, 0.2) is 53.4 Å². The molecule has 4 aromatic rings. The van der Waals surface area contributed by atoms with E-state index in [4.69, 9.17) is 19.8 Å². The summed E-state index contributed by atoms with van der Waals surface area (Å²) in [6, 6.07) is 9.39. The molecule has 0 unspecified atom stereocenters. The van der Waals surface area contributed by atoms with Crippen molar-refractivity contribution in [1.29, 1.82) is 0 Å². The van der Waals surface area contributed by atoms with Crippen molar-refractivity contribution in [3.05, 3.63) is 66.1 Å². The third kappa shape index (κ3) is 4.71. The lowest BCUT2D eigenvalue weighted by molar-refractivity contribution is -0.300. The van der Waals surface area contributed by atoms with Crippen LogP contribution in [0.1, 0.15) is 5.56 Å². The van der Waals surface area contributed by atoms with Gasteiger partial charge in [0.1, 0.15) is 23.5 Å². The second-order valence-corrected chi connectivity index (χ2v) is 6.57. The molecule has 0 amide bonds. The van der Waals surface area contributed by atoms with Gasteiger partial charge in [0.15, 0.2) is 17.5 Å². The molecular weight excluding hydrogens is 414 g/mol. The smallest absolute Gasteiger partial charge is 0.293 e. The Morgan fingerprint density at radius 3 is 2.58 bits per heavy atom. The van der Waals surface area contributed by atoms with Crippen molar-refractivity contribution in [3.8, 4) is 22.9 Å². The molecule has 0 aliphatic heterocycles. The Hall–Kier alpha value is -3.74. The molecule has 0 fully saturated rings. The highest BCUT2D eigenvalue weighted by Crippen LogP contribution is 2.26. The van der Waals surface area contributed by atoms with Crippen molar-refractivity contribution in [2.45, 2.75) is 12.5 Å². The molecule has 0 saturated carbocycles. The molecule has 4 rings (SSSR count). The molecule has 10 nitrogen and oxygen atoms in total. The van der Waals surface area contributed by atoms with E-state index in [-0.39, 0.29) is 23.9 Å². The highest BCUT2D eigenvalue weighted by atomic mass is 19.1. The Bertz CT molecular complexity index is 1190. The van der Waals surface area contributed by atoms with E-state index in [0.717, 1.165) is 6.20 Å². The van der Waals surface area contributed by atoms with E-state index < -0.39 is 24.2 Å². The van der Waals surface area contributed by atoms with Crippen LogP contribution in [0.3, 0.4) is 0 Å². The third-order valence-electron chi connectivity index (χ3n) is 4.22. The number of nitrogens with zero attached hydrogens (tertiary/aromatic N) is 5. The second-order valence-electron chi connectivity index (χ2n) is 6.57. The number of hydrogen-bond acceptors (Lipinski definition) is 9. The van der Waals surface area contributed by atoms with E-state index in [1.807, 2.05) is 0 Å². The van der Waals surface area contributed by atoms with Gasteiger partial charge in [-0.05, 0) is 12.1 Å². The molecule has 4 N–H and O–H groups in total. The molecule has 0 radical (unpaired) electrons. The Morgan fingerprint density at radius 1 is 1.06 bits per heavy atom. The van der Waals surface area contributed by atoms with Crippen LogP contribution in [0.4, 0.5) is 14.6 Å². The van der Waals surface area contributed by atoms with Crippen LogP contribution >= 0.6 is 0 Å². The molecule has 0 aliphatic rings. The Balaban J connectivity index is 1.72. The molecular formula is C19H16F2N6O4. The predicted octanol–water partition coefficient (Wildman–Crippen LogP) is 1.36. The average molecular weight is 430 g/mol. The van der Waals surface area contributed by atoms with Gasteiger partial charge in [-0.2, -0.15) is 5.10 Å². The predicted molar refractivity (Wildman–Crippen MR) is 102 cm³/mol. The van der Waals surface area contributed by atoms with Crippen LogP contribution in [0, 0.1) is 11.6 Å². The molecule has 3 heterocycles. The minimum Gasteiger partial charge on any atom is -0.364 e. The number of halogens is 2. The molecule has 0 spiro atoms. The van der Waals surface area contributed by atoms with Crippen LogP contribution in [-0.4, -0.2) is 52.7 Å². The molecule has 1 aromatic carbocycles. The Morgan fingerprint density at radius 2 is 1.87 bits per heavy atom. The van der Waals surface area contributed by atoms with Crippen molar-refractivity contribution >= 4 is 5.82 Å². The van der Waals surface area contributed by atoms with E-state index in [1.165, 1.54) is 17.0 Å². The first-order valence-corrected chi connectivity index (χ1v) is 8.96. The summed E-state index contributed by atoms with van der Waals surface area (Å²) >= 11 is 0. The summed E-state index contributed by atoms with van der Waals surface area (Å²) in [7, 11) is 0. The second kappa shape index (κ2) is 8.18. The van der Waals surface area contributed by atoms with Gasteiger partial charge < -0.3 is 25.2 Å². The van der Waals surface area contributed by atoms with Gasteiger partial charge in [-0.25, -0.2) is 18.7 Å². The first kappa shape index (κ1) is 20.5. The van der Waals surface area contributed by atoms with Gasteiger partial charge in [0.2, 0.25) is 0 Å². The van der Waals surface area contributed by atoms with Crippen LogP contribution < -0.4 is 5.32 Å². The van der Waals surface area contributed by atoms with Crippen molar-refractivity contribution in [3.63, 3.8) is 0 Å². The van der Waals surface area contributed by atoms with Crippen molar-refractivity contribution in [1.82, 2.24) is 24.9 Å². The van der Waals surface area contributed by atoms with Crippen molar-refractivity contribution in [2.24, 2.45) is 0 Å². The van der Waals surface area contributed by atoms with Gasteiger partial charge in [0, 0.05) is 11.6 Å². The lowest BCUT2D eigenvalue weighted by Gasteiger charge is -2.15. The fourth-order valence-corrected chi connectivity index (χ4v) is 2.80. The molecule has 0 atom stereocenters. The third-order valence-corrected chi connectivity index (χ3v) is 4.22. The maximum atomic E-state index is 14.1. The van der Waals surface area contributed by atoms with Crippen LogP contribution in [0.25, 0.3) is 22.9 Å². The monoisotopic (exact) mass is 430 g/mol. The van der Waals surface area contributed by atoms with Gasteiger partial charge in [-0.3, -0.25) is 4.68 Å². The first-order valence-electron chi connectivity index (χ1n) is 8.96. The topological polar surface area (TPSA) is 142 Å². The molecule has 3 aromatic heterocycles. The maximum absolute atomic E-state index is 14.1. The zero-order chi connectivity index (χ0) is 22.0. The molecule has 31 heavy (non-hydrogen) atoms. The van der Waals surface area contributed by atoms with Crippen molar-refractivity contribution < 1.29 is 28.6 Å². The van der Waals surface area contributed by atoms with E-state index in [2.05, 4.69) is 25.5 Å². The number of benzene rings is 1. The van der Waals surface area contributed by atoms with Gasteiger partial charge in [0.05, 0.1) is 25.0 Å². The zero-order valence-electron chi connectivity index (χ0n) is 15.8. The number of aromatic nitrogens is 5. The largest absolute Gasteiger partial charge is 0.364 e. The minimum absolute atomic E-state index is 0.000322. The van der Waals surface area contributed by atoms with Gasteiger partial charge in [-0.15, -0.1) is 0 Å². The van der Waals surface area contributed by atoms with Gasteiger partial charge >= 0.3 is 0 Å². The number of aliphatic hydroxyl groups is 3. The minimum atomic E-state index is -3.06. The highest BCUT2D eigenvalue weighted by Gasteiger charge is 2.21. The summed E-state index contributed by atoms with van der Waals surface area (Å²) in [6.45, 7) is -0.727. The van der Waals surface area contributed by atoms with Gasteiger partial charge in [0.25, 0.3) is 5.97 Å². The average Bonchev–Trinajstić information content (AvgIpc) is 3.38. The van der Waals surface area contributed by atoms with E-state index in [9.17, 15) is 8.78 Å². The molecule has 0 aliphatic carbocycles. The molecule has 0 saturated heterocycles. The van der Waals surface area contributed by atoms with Crippen molar-refractivity contribution in [2.75, 3.05) is 11.9 Å². The first-order chi connectivity index (χ1) is 14.8. The normalized spacial score (nSPS) is 11.6. The molecule has 12 heteroatoms. The lowest BCUT2D eigenvalue weighted by atomic mass is 10.2. The lowest BCUT2D eigenvalue weighted by Crippen LogP contribution is -2.36. The van der Waals surface area contributed by atoms with E-state index in [1.54, 1.807) is 30.3 Å². The maximum Gasteiger partial charge on any atom is 0.293 e. The summed E-state index contributed by atoms with van der Waals surface area (Å²) in [6.07, 6.45) is 2.24. The Kier molecular flexibility index (Phi) is 5.42. The number of anilines is 1. The van der Waals surface area contributed by atoms with Crippen LogP contribution in [0.2, 0.25) is 0 Å². The summed E-state index contributed by atoms with van der Waals surface area (Å²) in [5, 5.41) is 37.5. The summed E-state index contributed by atoms with van der Waals surface area (Å²) in [5.41, 5.74) is 1.52. The standard InChI is InChI=1S/C19H16F2N6O4/c20-12-4-2-1-3-11(12)9-27-16(14-5-6-31-26-14)7-15(25-27)18-22-8-13(21)17(24-18)23-10-19(28,29)30/h1-8,28-30H,9-10H2,(H,22,23,24). The fraction of sp³-hybridized carbons (Fsp3) is 0.158. The summed E-state index contributed by atoms with van der Waals surface area (Å²) in [4.78, 5) is 7.89.